The van der Waals surface area contributed by atoms with E-state index in [-0.39, 0.29) is 16.7 Å². The molecular formula is C37H48IN3O6S2. The molecule has 0 radical (unpaired) electrons. The summed E-state index contributed by atoms with van der Waals surface area (Å²) in [6, 6.07) is 18.6. The molecule has 2 aliphatic rings. The van der Waals surface area contributed by atoms with E-state index in [0.29, 0.717) is 63.2 Å². The highest BCUT2D eigenvalue weighted by atomic mass is 127. The Bertz CT molecular complexity index is 1560. The summed E-state index contributed by atoms with van der Waals surface area (Å²) in [6.45, 7) is 10.0. The number of rotatable bonds is 19. The molecule has 3 aromatic rings. The number of hydrogen-bond acceptors (Lipinski definition) is 10. The van der Waals surface area contributed by atoms with Crippen molar-refractivity contribution in [1.82, 2.24) is 0 Å². The van der Waals surface area contributed by atoms with Crippen LogP contribution in [0.1, 0.15) is 40.9 Å². The van der Waals surface area contributed by atoms with Crippen LogP contribution in [0.15, 0.2) is 54.6 Å². The van der Waals surface area contributed by atoms with Gasteiger partial charge >= 0.3 is 0 Å². The number of fused-ring (bicyclic) bond motifs is 4. The van der Waals surface area contributed by atoms with E-state index >= 15 is 0 Å². The van der Waals surface area contributed by atoms with Gasteiger partial charge in [0.1, 0.15) is 6.61 Å². The number of para-hydroxylation sites is 1. The highest BCUT2D eigenvalue weighted by molar-refractivity contribution is 14.1. The van der Waals surface area contributed by atoms with Crippen molar-refractivity contribution >= 4 is 67.1 Å². The third kappa shape index (κ3) is 9.91. The van der Waals surface area contributed by atoms with Gasteiger partial charge in [-0.15, -0.1) is 0 Å². The van der Waals surface area contributed by atoms with Crippen molar-refractivity contribution in [1.29, 1.82) is 0 Å². The first-order valence-electron chi connectivity index (χ1n) is 16.6. The fraction of sp³-hybridized carbons (Fsp3) is 0.486. The van der Waals surface area contributed by atoms with Crippen LogP contribution >= 0.6 is 44.2 Å². The Balaban J connectivity index is 1.32. The first kappa shape index (κ1) is 37.9. The van der Waals surface area contributed by atoms with Crippen LogP contribution in [0, 0.1) is 0 Å². The van der Waals surface area contributed by atoms with E-state index in [9.17, 15) is 4.79 Å². The third-order valence-corrected chi connectivity index (χ3v) is 12.0. The summed E-state index contributed by atoms with van der Waals surface area (Å²) < 4.78 is 29.7. The minimum Gasteiger partial charge on any atom is -0.493 e. The number of alkyl halides is 1. The van der Waals surface area contributed by atoms with E-state index in [1.54, 1.807) is 25.0 Å². The lowest BCUT2D eigenvalue weighted by Crippen LogP contribution is -2.39. The largest absolute Gasteiger partial charge is 0.493 e. The molecule has 1 N–H and O–H groups in total. The van der Waals surface area contributed by atoms with Crippen molar-refractivity contribution in [2.45, 2.75) is 42.1 Å². The average molecular weight is 822 g/mol. The van der Waals surface area contributed by atoms with Crippen molar-refractivity contribution in [3.05, 3.63) is 76.9 Å². The van der Waals surface area contributed by atoms with E-state index in [0.717, 1.165) is 46.6 Å². The van der Waals surface area contributed by atoms with Crippen LogP contribution in [-0.2, 0) is 31.7 Å². The van der Waals surface area contributed by atoms with Crippen LogP contribution in [0.2, 0.25) is 0 Å². The van der Waals surface area contributed by atoms with Gasteiger partial charge in [0.15, 0.2) is 11.5 Å². The molecule has 0 saturated heterocycles. The second-order valence-corrected chi connectivity index (χ2v) is 16.5. The molecule has 49 heavy (non-hydrogen) atoms. The molecule has 266 valence electrons. The number of benzene rings is 3. The van der Waals surface area contributed by atoms with Gasteiger partial charge in [-0.25, -0.2) is 0 Å². The Morgan fingerprint density at radius 1 is 0.980 bits per heavy atom. The Hall–Kier alpha value is -2.36. The van der Waals surface area contributed by atoms with Gasteiger partial charge in [-0.05, 0) is 67.5 Å². The number of nitrogens with zero attached hydrogens (tertiary/aromatic N) is 2. The maximum Gasteiger partial charge on any atom is 0.260 e. The summed E-state index contributed by atoms with van der Waals surface area (Å²) in [5, 5.41) is 3.53. The van der Waals surface area contributed by atoms with Gasteiger partial charge in [-0.2, -0.15) is 0 Å². The molecule has 1 atom stereocenters. The monoisotopic (exact) mass is 821 g/mol. The minimum atomic E-state index is -0.0237. The van der Waals surface area contributed by atoms with Gasteiger partial charge in [0.05, 0.1) is 57.4 Å². The molecule has 9 nitrogen and oxygen atoms in total. The van der Waals surface area contributed by atoms with Gasteiger partial charge in [0.2, 0.25) is 0 Å². The predicted molar refractivity (Wildman–Crippen MR) is 212 cm³/mol. The van der Waals surface area contributed by atoms with E-state index < -0.39 is 0 Å². The average Bonchev–Trinajstić information content (AvgIpc) is 3.42. The lowest BCUT2D eigenvalue weighted by Gasteiger charge is -2.34. The van der Waals surface area contributed by atoms with Crippen LogP contribution in [0.3, 0.4) is 0 Å². The van der Waals surface area contributed by atoms with Crippen molar-refractivity contribution in [3.8, 4) is 11.5 Å². The number of anilines is 3. The molecule has 2 heterocycles. The summed E-state index contributed by atoms with van der Waals surface area (Å²) in [7, 11) is 6.96. The SMILES string of the molecule is COCCOCCOCCN(CC(C)(C)SSC)c1cc(CI)cc(COc2cc3c(cc2OC)C(=O)N2c4ccccc4C[C@H]2CN3)c1. The Labute approximate surface area is 312 Å². The molecule has 0 unspecified atom stereocenters. The summed E-state index contributed by atoms with van der Waals surface area (Å²) >= 11 is 2.42. The minimum absolute atomic E-state index is 0.0237. The van der Waals surface area contributed by atoms with Gasteiger partial charge in [0, 0.05) is 53.4 Å². The molecule has 0 aliphatic carbocycles. The number of carbonyl (C=O) groups excluding carboxylic acids is 1. The zero-order valence-electron chi connectivity index (χ0n) is 29.1. The maximum atomic E-state index is 13.9. The number of carbonyl (C=O) groups is 1. The van der Waals surface area contributed by atoms with Crippen molar-refractivity contribution < 1.29 is 28.5 Å². The van der Waals surface area contributed by atoms with Crippen molar-refractivity contribution in [3.63, 3.8) is 0 Å². The van der Waals surface area contributed by atoms with Gasteiger partial charge in [-0.1, -0.05) is 68.4 Å². The summed E-state index contributed by atoms with van der Waals surface area (Å²) in [5.74, 6) is 1.11. The fourth-order valence-corrected chi connectivity index (χ4v) is 8.92. The second-order valence-electron chi connectivity index (χ2n) is 12.7. The van der Waals surface area contributed by atoms with E-state index in [1.807, 2.05) is 46.0 Å². The Morgan fingerprint density at radius 2 is 1.73 bits per heavy atom. The van der Waals surface area contributed by atoms with Crippen LogP contribution in [0.25, 0.3) is 0 Å². The highest BCUT2D eigenvalue weighted by Crippen LogP contribution is 2.41. The molecule has 1 amide bonds. The summed E-state index contributed by atoms with van der Waals surface area (Å²) in [6.07, 6.45) is 2.96. The van der Waals surface area contributed by atoms with Crippen molar-refractivity contribution in [2.75, 3.05) is 88.3 Å². The number of nitrogens with one attached hydrogen (secondary N) is 1. The highest BCUT2D eigenvalue weighted by Gasteiger charge is 2.37. The molecule has 3 aromatic carbocycles. The van der Waals surface area contributed by atoms with E-state index in [1.165, 1.54) is 11.1 Å². The number of ether oxygens (including phenoxy) is 5. The molecule has 5 rings (SSSR count). The third-order valence-electron chi connectivity index (χ3n) is 8.49. The molecule has 0 fully saturated rings. The molecule has 2 aliphatic heterocycles. The van der Waals surface area contributed by atoms with Gasteiger partial charge in [-0.3, -0.25) is 4.79 Å². The predicted octanol–water partition coefficient (Wildman–Crippen LogP) is 7.48. The molecule has 0 saturated carbocycles. The zero-order chi connectivity index (χ0) is 34.8. The number of halogens is 1. The smallest absolute Gasteiger partial charge is 0.260 e. The van der Waals surface area contributed by atoms with Crippen LogP contribution in [0.4, 0.5) is 17.1 Å². The first-order valence-corrected chi connectivity index (χ1v) is 20.7. The molecular weight excluding hydrogens is 773 g/mol. The lowest BCUT2D eigenvalue weighted by atomic mass is 10.1. The normalized spacial score (nSPS) is 15.3. The molecule has 12 heteroatoms. The van der Waals surface area contributed by atoms with Crippen LogP contribution in [0.5, 0.6) is 11.5 Å². The quantitative estimate of drug-likeness (QED) is 0.0570. The number of hydrogen-bond donors (Lipinski definition) is 1. The Kier molecular flexibility index (Phi) is 14.1. The molecule has 0 aromatic heterocycles. The van der Waals surface area contributed by atoms with Crippen LogP contribution in [-0.4, -0.2) is 89.8 Å². The molecule has 0 bridgehead atoms. The van der Waals surface area contributed by atoms with Crippen molar-refractivity contribution in [2.24, 2.45) is 0 Å². The standard InChI is InChI=1S/C37H48IN3O6S2/c1-37(2,49-48-5)25-40(10-11-45-14-15-46-13-12-43-3)29-17-26(22-38)16-27(18-29)24-47-35-21-32-31(20-34(35)44-4)36(42)41-30(23-39-32)19-28-8-6-7-9-33(28)41/h6-9,16-18,20-21,30,39H,10-15,19,22-25H2,1-5H3/t30-/m0/s1. The van der Waals surface area contributed by atoms with E-state index in [2.05, 4.69) is 77.2 Å². The fourth-order valence-electron chi connectivity index (χ4n) is 6.31. The summed E-state index contributed by atoms with van der Waals surface area (Å²) in [5.41, 5.74) is 6.97. The zero-order valence-corrected chi connectivity index (χ0v) is 32.9. The molecule has 0 spiro atoms. The van der Waals surface area contributed by atoms with Gasteiger partial charge in [0.25, 0.3) is 5.91 Å². The Morgan fingerprint density at radius 3 is 2.49 bits per heavy atom. The summed E-state index contributed by atoms with van der Waals surface area (Å²) in [4.78, 5) is 18.2. The van der Waals surface area contributed by atoms with Crippen LogP contribution < -0.4 is 24.6 Å². The van der Waals surface area contributed by atoms with Gasteiger partial charge < -0.3 is 38.8 Å². The van der Waals surface area contributed by atoms with E-state index in [4.69, 9.17) is 23.7 Å². The second kappa shape index (κ2) is 18.2. The number of methoxy groups -OCH3 is 2. The topological polar surface area (TPSA) is 81.7 Å². The first-order chi connectivity index (χ1) is 23.8. The lowest BCUT2D eigenvalue weighted by molar-refractivity contribution is 0.0264. The number of amides is 1. The maximum absolute atomic E-state index is 13.9.